The highest BCUT2D eigenvalue weighted by molar-refractivity contribution is 7.99. The Labute approximate surface area is 110 Å². The summed E-state index contributed by atoms with van der Waals surface area (Å²) < 4.78 is 0. The molecular weight excluding hydrogens is 246 g/mol. The number of nitrogens with zero attached hydrogens (tertiary/aromatic N) is 1. The Morgan fingerprint density at radius 2 is 2.11 bits per heavy atom. The quantitative estimate of drug-likeness (QED) is 0.814. The van der Waals surface area contributed by atoms with Crippen LogP contribution in [0.1, 0.15) is 12.0 Å². The molecule has 0 fully saturated rings. The number of hydrogen-bond acceptors (Lipinski definition) is 3. The summed E-state index contributed by atoms with van der Waals surface area (Å²) in [5, 5.41) is 9.21. The van der Waals surface area contributed by atoms with Crippen molar-refractivity contribution in [2.24, 2.45) is 0 Å². The van der Waals surface area contributed by atoms with Gasteiger partial charge in [0.15, 0.2) is 0 Å². The largest absolute Gasteiger partial charge is 0.311 e. The highest BCUT2D eigenvalue weighted by Crippen LogP contribution is 2.19. The van der Waals surface area contributed by atoms with Crippen LogP contribution in [0.4, 0.5) is 5.82 Å². The standard InChI is InChI=1S/C13H15N3OS/c1-10-2-4-11(5-3-10)18-9-7-13(17)15-12-6-8-14-16-12/h2-6,8H,7,9H2,1H3,(H2,14,15,16,17). The first-order chi connectivity index (χ1) is 8.74. The molecule has 1 aromatic carbocycles. The van der Waals surface area contributed by atoms with Gasteiger partial charge in [-0.05, 0) is 19.1 Å². The number of aromatic amines is 1. The van der Waals surface area contributed by atoms with E-state index in [-0.39, 0.29) is 5.91 Å². The van der Waals surface area contributed by atoms with Crippen molar-refractivity contribution in [1.82, 2.24) is 10.2 Å². The molecular formula is C13H15N3OS. The topological polar surface area (TPSA) is 57.8 Å². The number of benzene rings is 1. The monoisotopic (exact) mass is 261 g/mol. The van der Waals surface area contributed by atoms with Gasteiger partial charge in [-0.1, -0.05) is 17.7 Å². The summed E-state index contributed by atoms with van der Waals surface area (Å²) in [6, 6.07) is 10.0. The maximum Gasteiger partial charge on any atom is 0.226 e. The molecule has 0 saturated carbocycles. The molecule has 0 aliphatic rings. The Morgan fingerprint density at radius 1 is 1.33 bits per heavy atom. The number of hydrogen-bond donors (Lipinski definition) is 2. The summed E-state index contributed by atoms with van der Waals surface area (Å²) in [5.41, 5.74) is 1.25. The van der Waals surface area contributed by atoms with Gasteiger partial charge in [-0.3, -0.25) is 9.89 Å². The van der Waals surface area contributed by atoms with E-state index in [0.717, 1.165) is 5.75 Å². The molecule has 0 aliphatic heterocycles. The second-order valence-corrected chi connectivity index (χ2v) is 5.10. The lowest BCUT2D eigenvalue weighted by molar-refractivity contribution is -0.115. The van der Waals surface area contributed by atoms with Gasteiger partial charge >= 0.3 is 0 Å². The minimum Gasteiger partial charge on any atom is -0.311 e. The summed E-state index contributed by atoms with van der Waals surface area (Å²) >= 11 is 1.68. The van der Waals surface area contributed by atoms with E-state index < -0.39 is 0 Å². The van der Waals surface area contributed by atoms with Crippen LogP contribution in [-0.2, 0) is 4.79 Å². The lowest BCUT2D eigenvalue weighted by atomic mass is 10.2. The first kappa shape index (κ1) is 12.7. The molecule has 18 heavy (non-hydrogen) atoms. The molecule has 1 amide bonds. The van der Waals surface area contributed by atoms with Crippen molar-refractivity contribution in [3.8, 4) is 0 Å². The molecule has 1 heterocycles. The highest BCUT2D eigenvalue weighted by atomic mass is 32.2. The van der Waals surface area contributed by atoms with Gasteiger partial charge in [-0.25, -0.2) is 0 Å². The third-order valence-corrected chi connectivity index (χ3v) is 3.41. The van der Waals surface area contributed by atoms with Gasteiger partial charge in [0.1, 0.15) is 5.82 Å². The van der Waals surface area contributed by atoms with Crippen LogP contribution in [0.5, 0.6) is 0 Å². The maximum absolute atomic E-state index is 11.6. The maximum atomic E-state index is 11.6. The number of thioether (sulfide) groups is 1. The van der Waals surface area contributed by atoms with Gasteiger partial charge in [0.2, 0.25) is 5.91 Å². The number of amides is 1. The molecule has 5 heteroatoms. The van der Waals surface area contributed by atoms with Crippen LogP contribution >= 0.6 is 11.8 Å². The average Bonchev–Trinajstić information content (AvgIpc) is 2.84. The van der Waals surface area contributed by atoms with Crippen LogP contribution < -0.4 is 5.32 Å². The minimum atomic E-state index is -0.00105. The van der Waals surface area contributed by atoms with Crippen molar-refractivity contribution >= 4 is 23.5 Å². The second kappa shape index (κ2) is 6.26. The Balaban J connectivity index is 1.72. The first-order valence-corrected chi connectivity index (χ1v) is 6.71. The molecule has 94 valence electrons. The normalized spacial score (nSPS) is 10.3. The lowest BCUT2D eigenvalue weighted by Crippen LogP contribution is -2.12. The van der Waals surface area contributed by atoms with Gasteiger partial charge < -0.3 is 5.32 Å². The molecule has 2 aromatic rings. The highest BCUT2D eigenvalue weighted by Gasteiger charge is 2.03. The number of aromatic nitrogens is 2. The zero-order valence-corrected chi connectivity index (χ0v) is 11.0. The molecule has 0 bridgehead atoms. The number of rotatable bonds is 5. The van der Waals surface area contributed by atoms with E-state index >= 15 is 0 Å². The van der Waals surface area contributed by atoms with Gasteiger partial charge in [-0.2, -0.15) is 5.10 Å². The molecule has 1 aromatic heterocycles. The van der Waals surface area contributed by atoms with Gasteiger partial charge in [0.05, 0.1) is 6.20 Å². The predicted octanol–water partition coefficient (Wildman–Crippen LogP) is 2.84. The predicted molar refractivity (Wildman–Crippen MR) is 73.7 cm³/mol. The summed E-state index contributed by atoms with van der Waals surface area (Å²) in [5.74, 6) is 1.41. The molecule has 4 nitrogen and oxygen atoms in total. The van der Waals surface area contributed by atoms with Crippen molar-refractivity contribution in [2.45, 2.75) is 18.2 Å². The smallest absolute Gasteiger partial charge is 0.226 e. The summed E-state index contributed by atoms with van der Waals surface area (Å²) in [6.45, 7) is 2.06. The van der Waals surface area contributed by atoms with Crippen molar-refractivity contribution in [2.75, 3.05) is 11.1 Å². The number of carbonyl (C=O) groups excluding carboxylic acids is 1. The van der Waals surface area contributed by atoms with Crippen molar-refractivity contribution in [3.63, 3.8) is 0 Å². The van der Waals surface area contributed by atoms with E-state index in [1.165, 1.54) is 10.5 Å². The second-order valence-electron chi connectivity index (χ2n) is 3.93. The van der Waals surface area contributed by atoms with Crippen LogP contribution in [0.15, 0.2) is 41.4 Å². The third-order valence-electron chi connectivity index (χ3n) is 2.39. The SMILES string of the molecule is Cc1ccc(SCCC(=O)Nc2ccn[nH]2)cc1. The fourth-order valence-corrected chi connectivity index (χ4v) is 2.29. The van der Waals surface area contributed by atoms with Crippen molar-refractivity contribution in [3.05, 3.63) is 42.1 Å². The third kappa shape index (κ3) is 3.92. The molecule has 0 aliphatic carbocycles. The fraction of sp³-hybridized carbons (Fsp3) is 0.231. The van der Waals surface area contributed by atoms with Crippen molar-refractivity contribution < 1.29 is 4.79 Å². The summed E-state index contributed by atoms with van der Waals surface area (Å²) in [6.07, 6.45) is 2.09. The summed E-state index contributed by atoms with van der Waals surface area (Å²) in [7, 11) is 0. The van der Waals surface area contributed by atoms with Crippen LogP contribution in [0.2, 0.25) is 0 Å². The van der Waals surface area contributed by atoms with Crippen LogP contribution in [-0.4, -0.2) is 21.9 Å². The molecule has 0 saturated heterocycles. The van der Waals surface area contributed by atoms with Crippen LogP contribution in [0.25, 0.3) is 0 Å². The number of aryl methyl sites for hydroxylation is 1. The van der Waals surface area contributed by atoms with Gasteiger partial charge in [0, 0.05) is 23.1 Å². The molecule has 0 radical (unpaired) electrons. The van der Waals surface area contributed by atoms with E-state index in [1.54, 1.807) is 24.0 Å². The zero-order valence-electron chi connectivity index (χ0n) is 10.1. The number of nitrogens with one attached hydrogen (secondary N) is 2. The summed E-state index contributed by atoms with van der Waals surface area (Å²) in [4.78, 5) is 12.8. The Bertz CT molecular complexity index is 493. The van der Waals surface area contributed by atoms with E-state index in [1.807, 2.05) is 0 Å². The van der Waals surface area contributed by atoms with Gasteiger partial charge in [-0.15, -0.1) is 11.8 Å². The molecule has 0 unspecified atom stereocenters. The van der Waals surface area contributed by atoms with E-state index in [4.69, 9.17) is 0 Å². The van der Waals surface area contributed by atoms with E-state index in [0.29, 0.717) is 12.2 Å². The Kier molecular flexibility index (Phi) is 4.41. The Morgan fingerprint density at radius 3 is 2.78 bits per heavy atom. The van der Waals surface area contributed by atoms with E-state index in [2.05, 4.69) is 46.7 Å². The molecule has 0 spiro atoms. The zero-order chi connectivity index (χ0) is 12.8. The first-order valence-electron chi connectivity index (χ1n) is 5.73. The van der Waals surface area contributed by atoms with Crippen molar-refractivity contribution in [1.29, 1.82) is 0 Å². The van der Waals surface area contributed by atoms with Crippen LogP contribution in [0.3, 0.4) is 0 Å². The molecule has 2 N–H and O–H groups in total. The minimum absolute atomic E-state index is 0.00105. The molecule has 0 atom stereocenters. The number of anilines is 1. The lowest BCUT2D eigenvalue weighted by Gasteiger charge is -2.03. The number of carbonyl (C=O) groups is 1. The van der Waals surface area contributed by atoms with Crippen LogP contribution in [0, 0.1) is 6.92 Å². The average molecular weight is 261 g/mol. The Hall–Kier alpha value is -1.75. The fourth-order valence-electron chi connectivity index (χ4n) is 1.43. The van der Waals surface area contributed by atoms with E-state index in [9.17, 15) is 4.79 Å². The number of H-pyrrole nitrogens is 1. The molecule has 2 rings (SSSR count). The van der Waals surface area contributed by atoms with Gasteiger partial charge in [0.25, 0.3) is 0 Å².